The molecule has 3 N–H and O–H groups in total. The number of nitrogens with one attached hydrogen (secondary N) is 3. The maximum absolute atomic E-state index is 12.6. The minimum atomic E-state index is -0.201. The van der Waals surface area contributed by atoms with Crippen LogP contribution in [0.5, 0.6) is 0 Å². The van der Waals surface area contributed by atoms with E-state index in [-0.39, 0.29) is 5.56 Å². The van der Waals surface area contributed by atoms with E-state index < -0.39 is 0 Å². The summed E-state index contributed by atoms with van der Waals surface area (Å²) in [6.07, 6.45) is 3.06. The highest BCUT2D eigenvalue weighted by Gasteiger charge is 2.21. The van der Waals surface area contributed by atoms with Gasteiger partial charge < -0.3 is 20.5 Å². The third-order valence-electron chi connectivity index (χ3n) is 5.27. The van der Waals surface area contributed by atoms with Gasteiger partial charge in [-0.15, -0.1) is 0 Å². The van der Waals surface area contributed by atoms with Gasteiger partial charge in [0, 0.05) is 31.9 Å². The van der Waals surface area contributed by atoms with Crippen LogP contribution in [0, 0.1) is 0 Å². The summed E-state index contributed by atoms with van der Waals surface area (Å²) >= 11 is 0. The van der Waals surface area contributed by atoms with Gasteiger partial charge in [0.1, 0.15) is 0 Å². The molecule has 0 radical (unpaired) electrons. The Hall–Kier alpha value is -3.12. The minimum absolute atomic E-state index is 0.201. The zero-order valence-electron chi connectivity index (χ0n) is 16.2. The highest BCUT2D eigenvalue weighted by molar-refractivity contribution is 5.83. The predicted molar refractivity (Wildman–Crippen MR) is 115 cm³/mol. The Morgan fingerprint density at radius 2 is 2.04 bits per heavy atom. The fourth-order valence-electron chi connectivity index (χ4n) is 3.66. The molecule has 1 aliphatic heterocycles. The summed E-state index contributed by atoms with van der Waals surface area (Å²) in [5.74, 6) is 0. The second-order valence-electron chi connectivity index (χ2n) is 7.05. The molecule has 4 rings (SSSR count). The van der Waals surface area contributed by atoms with Crippen LogP contribution in [-0.4, -0.2) is 43.2 Å². The van der Waals surface area contributed by atoms with Crippen molar-refractivity contribution in [1.29, 1.82) is 0 Å². The van der Waals surface area contributed by atoms with Gasteiger partial charge in [0.05, 0.1) is 16.7 Å². The van der Waals surface area contributed by atoms with E-state index >= 15 is 0 Å². The van der Waals surface area contributed by atoms with Crippen molar-refractivity contribution >= 4 is 28.5 Å². The monoisotopic (exact) mass is 375 g/mol. The van der Waals surface area contributed by atoms with Crippen molar-refractivity contribution in [2.45, 2.75) is 12.5 Å². The van der Waals surface area contributed by atoms with E-state index in [0.29, 0.717) is 17.4 Å². The Labute approximate surface area is 164 Å². The highest BCUT2D eigenvalue weighted by atomic mass is 16.1. The average molecular weight is 375 g/mol. The fraction of sp³-hybridized carbons (Fsp3) is 0.273. The van der Waals surface area contributed by atoms with Crippen molar-refractivity contribution in [3.8, 4) is 0 Å². The van der Waals surface area contributed by atoms with E-state index in [0.717, 1.165) is 41.8 Å². The van der Waals surface area contributed by atoms with Gasteiger partial charge in [-0.2, -0.15) is 0 Å². The van der Waals surface area contributed by atoms with Gasteiger partial charge in [0.25, 0.3) is 5.56 Å². The second-order valence-corrected chi connectivity index (χ2v) is 7.05. The van der Waals surface area contributed by atoms with Crippen LogP contribution in [0.4, 0.5) is 5.69 Å². The number of hydrogen-bond acceptors (Lipinski definition) is 5. The van der Waals surface area contributed by atoms with E-state index in [1.165, 1.54) is 0 Å². The summed E-state index contributed by atoms with van der Waals surface area (Å²) < 4.78 is 0. The number of hydrogen-bond donors (Lipinski definition) is 3. The van der Waals surface area contributed by atoms with Gasteiger partial charge in [-0.3, -0.25) is 4.79 Å². The summed E-state index contributed by atoms with van der Waals surface area (Å²) in [6, 6.07) is 16.5. The zero-order valence-corrected chi connectivity index (χ0v) is 16.2. The number of anilines is 1. The highest BCUT2D eigenvalue weighted by Crippen LogP contribution is 2.24. The molecule has 1 fully saturated rings. The van der Waals surface area contributed by atoms with Crippen molar-refractivity contribution in [2.24, 2.45) is 0 Å². The van der Waals surface area contributed by atoms with Crippen LogP contribution in [0.1, 0.15) is 17.7 Å². The van der Waals surface area contributed by atoms with Crippen molar-refractivity contribution < 1.29 is 0 Å². The first-order chi connectivity index (χ1) is 13.7. The van der Waals surface area contributed by atoms with E-state index in [4.69, 9.17) is 4.98 Å². The molecule has 0 bridgehead atoms. The van der Waals surface area contributed by atoms with Crippen LogP contribution in [0.3, 0.4) is 0 Å². The predicted octanol–water partition coefficient (Wildman–Crippen LogP) is 2.44. The number of nitrogens with zero attached hydrogens (tertiary/aromatic N) is 2. The van der Waals surface area contributed by atoms with Gasteiger partial charge in [-0.25, -0.2) is 4.98 Å². The number of fused-ring (bicyclic) bond motifs is 1. The first kappa shape index (κ1) is 18.3. The van der Waals surface area contributed by atoms with Crippen LogP contribution in [0.25, 0.3) is 22.8 Å². The molecule has 1 aromatic heterocycles. The number of H-pyrrole nitrogens is 1. The second kappa shape index (κ2) is 7.86. The quantitative estimate of drug-likeness (QED) is 0.639. The molecule has 2 heterocycles. The molecule has 0 amide bonds. The number of rotatable bonds is 5. The van der Waals surface area contributed by atoms with Crippen LogP contribution in [0.15, 0.2) is 53.3 Å². The number of aromatic nitrogens is 2. The molecule has 3 aromatic rings. The van der Waals surface area contributed by atoms with E-state index in [2.05, 4.69) is 32.7 Å². The minimum Gasteiger partial charge on any atom is -0.386 e. The topological polar surface area (TPSA) is 73.1 Å². The van der Waals surface area contributed by atoms with Gasteiger partial charge in [-0.05, 0) is 43.3 Å². The Morgan fingerprint density at radius 1 is 1.21 bits per heavy atom. The molecule has 6 nitrogen and oxygen atoms in total. The normalized spacial score (nSPS) is 17.3. The molecule has 144 valence electrons. The summed E-state index contributed by atoms with van der Waals surface area (Å²) in [5, 5.41) is 6.46. The Balaban J connectivity index is 1.73. The molecule has 2 aromatic carbocycles. The van der Waals surface area contributed by atoms with Gasteiger partial charge >= 0.3 is 0 Å². The zero-order chi connectivity index (χ0) is 19.5. The third kappa shape index (κ3) is 3.64. The fourth-order valence-corrected chi connectivity index (χ4v) is 3.66. The lowest BCUT2D eigenvalue weighted by molar-refractivity contribution is 0.617. The molecule has 0 spiro atoms. The van der Waals surface area contributed by atoms with E-state index in [9.17, 15) is 4.79 Å². The average Bonchev–Trinajstić information content (AvgIpc) is 3.21. The van der Waals surface area contributed by atoms with Crippen molar-refractivity contribution in [3.05, 3.63) is 70.1 Å². The van der Waals surface area contributed by atoms with Crippen molar-refractivity contribution in [2.75, 3.05) is 32.1 Å². The Bertz CT molecular complexity index is 1060. The summed E-state index contributed by atoms with van der Waals surface area (Å²) in [7, 11) is 3.81. The summed E-state index contributed by atoms with van der Waals surface area (Å²) in [4.78, 5) is 22.6. The smallest absolute Gasteiger partial charge is 0.276 e. The first-order valence-corrected chi connectivity index (χ1v) is 9.59. The first-order valence-electron chi connectivity index (χ1n) is 9.59. The van der Waals surface area contributed by atoms with Crippen molar-refractivity contribution in [1.82, 2.24) is 20.6 Å². The lowest BCUT2D eigenvalue weighted by atomic mass is 10.1. The van der Waals surface area contributed by atoms with Crippen LogP contribution >= 0.6 is 0 Å². The van der Waals surface area contributed by atoms with Gasteiger partial charge in [0.15, 0.2) is 5.69 Å². The molecule has 0 aliphatic carbocycles. The Morgan fingerprint density at radius 3 is 2.75 bits per heavy atom. The molecular formula is C22H25N5O. The largest absolute Gasteiger partial charge is 0.386 e. The maximum atomic E-state index is 12.6. The standard InChI is InChI=1S/C22H25N5O/c1-23-16-10-11-27(14-16)17-8-9-18-19(13-17)25-21(22(28)26-18)20(24-2)12-15-6-4-3-5-7-15/h3-9,12-13,16,23-24H,10-11,14H2,1-2H3,(H,26,28)/b20-12-. The van der Waals surface area contributed by atoms with Crippen LogP contribution in [-0.2, 0) is 0 Å². The molecule has 1 saturated heterocycles. The van der Waals surface area contributed by atoms with Crippen molar-refractivity contribution in [3.63, 3.8) is 0 Å². The van der Waals surface area contributed by atoms with Gasteiger partial charge in [-0.1, -0.05) is 30.3 Å². The number of benzene rings is 2. The molecular weight excluding hydrogens is 350 g/mol. The molecule has 28 heavy (non-hydrogen) atoms. The van der Waals surface area contributed by atoms with E-state index in [1.807, 2.05) is 49.5 Å². The molecule has 6 heteroatoms. The molecule has 0 saturated carbocycles. The summed E-state index contributed by atoms with van der Waals surface area (Å²) in [6.45, 7) is 2.00. The molecule has 1 unspecified atom stereocenters. The van der Waals surface area contributed by atoms with E-state index in [1.54, 1.807) is 7.05 Å². The lowest BCUT2D eigenvalue weighted by Crippen LogP contribution is -2.29. The van der Waals surface area contributed by atoms with Gasteiger partial charge in [0.2, 0.25) is 0 Å². The number of aromatic amines is 1. The Kier molecular flexibility index (Phi) is 5.12. The third-order valence-corrected chi connectivity index (χ3v) is 5.27. The number of likely N-dealkylation sites (N-methyl/N-ethyl adjacent to an activating group) is 1. The lowest BCUT2D eigenvalue weighted by Gasteiger charge is -2.19. The maximum Gasteiger partial charge on any atom is 0.276 e. The molecule has 1 atom stereocenters. The van der Waals surface area contributed by atoms with Crippen LogP contribution < -0.4 is 21.1 Å². The summed E-state index contributed by atoms with van der Waals surface area (Å²) in [5.41, 5.74) is 4.56. The SMILES string of the molecule is CN/C(=C\c1ccccc1)c1nc2cc(N3CCC(NC)C3)ccc2[nH]c1=O. The van der Waals surface area contributed by atoms with Crippen LogP contribution in [0.2, 0.25) is 0 Å². The molecule has 1 aliphatic rings.